The van der Waals surface area contributed by atoms with E-state index in [4.69, 9.17) is 15.9 Å². The molecule has 1 aromatic heterocycles. The Morgan fingerprint density at radius 3 is 2.52 bits per heavy atom. The molecule has 0 aliphatic rings. The maximum absolute atomic E-state index is 11.7. The van der Waals surface area contributed by atoms with Crippen LogP contribution in [0.4, 0.5) is 5.69 Å². The first kappa shape index (κ1) is 14.7. The largest absolute Gasteiger partial charge is 0.449 e. The zero-order valence-corrected chi connectivity index (χ0v) is 11.5. The third kappa shape index (κ3) is 3.90. The van der Waals surface area contributed by atoms with Gasteiger partial charge in [-0.1, -0.05) is 12.1 Å². The van der Waals surface area contributed by atoms with Gasteiger partial charge in [0.2, 0.25) is 11.8 Å². The van der Waals surface area contributed by atoms with Crippen LogP contribution < -0.4 is 16.8 Å². The van der Waals surface area contributed by atoms with Crippen molar-refractivity contribution in [2.75, 3.05) is 5.32 Å². The molecule has 1 atom stereocenters. The van der Waals surface area contributed by atoms with Crippen LogP contribution in [0.25, 0.3) is 11.3 Å². The second-order valence-corrected chi connectivity index (χ2v) is 4.60. The van der Waals surface area contributed by atoms with Gasteiger partial charge >= 0.3 is 0 Å². The fraction of sp³-hybridized carbons (Fsp3) is 0.214. The van der Waals surface area contributed by atoms with Crippen LogP contribution in [0.2, 0.25) is 0 Å². The maximum atomic E-state index is 11.7. The molecule has 1 unspecified atom stereocenters. The minimum atomic E-state index is -0.958. The molecule has 2 rings (SSSR count). The number of oxazole rings is 1. The number of hydrogen-bond donors (Lipinski definition) is 3. The van der Waals surface area contributed by atoms with Gasteiger partial charge in [-0.3, -0.25) is 9.59 Å². The van der Waals surface area contributed by atoms with Crippen molar-refractivity contribution in [3.05, 3.63) is 36.4 Å². The minimum Gasteiger partial charge on any atom is -0.449 e. The predicted molar refractivity (Wildman–Crippen MR) is 77.1 cm³/mol. The number of rotatable bonds is 5. The Kier molecular flexibility index (Phi) is 4.34. The molecule has 5 N–H and O–H groups in total. The Labute approximate surface area is 121 Å². The predicted octanol–water partition coefficient (Wildman–Crippen LogP) is 0.791. The molecule has 0 aliphatic carbocycles. The molecule has 0 spiro atoms. The number of aryl methyl sites for hydroxylation is 1. The van der Waals surface area contributed by atoms with Crippen molar-refractivity contribution in [3.63, 3.8) is 0 Å². The first-order chi connectivity index (χ1) is 9.95. The van der Waals surface area contributed by atoms with Gasteiger partial charge in [-0.25, -0.2) is 4.98 Å². The van der Waals surface area contributed by atoms with Crippen LogP contribution in [0.3, 0.4) is 0 Å². The number of nitrogens with two attached hydrogens (primary N) is 2. The molecule has 21 heavy (non-hydrogen) atoms. The number of aromatic nitrogens is 1. The molecule has 110 valence electrons. The molecular formula is C14H16N4O3. The highest BCUT2D eigenvalue weighted by Crippen LogP contribution is 2.20. The van der Waals surface area contributed by atoms with Crippen molar-refractivity contribution in [2.24, 2.45) is 11.5 Å². The summed E-state index contributed by atoms with van der Waals surface area (Å²) in [6, 6.07) is 6.07. The van der Waals surface area contributed by atoms with E-state index in [1.54, 1.807) is 37.5 Å². The van der Waals surface area contributed by atoms with E-state index < -0.39 is 17.9 Å². The molecule has 2 aromatic rings. The summed E-state index contributed by atoms with van der Waals surface area (Å²) in [5.74, 6) is -0.493. The summed E-state index contributed by atoms with van der Waals surface area (Å²) in [5.41, 5.74) is 12.7. The summed E-state index contributed by atoms with van der Waals surface area (Å²) >= 11 is 0. The van der Waals surface area contributed by atoms with E-state index in [9.17, 15) is 9.59 Å². The summed E-state index contributed by atoms with van der Waals surface area (Å²) in [6.45, 7) is 1.76. The van der Waals surface area contributed by atoms with E-state index in [1.807, 2.05) is 0 Å². The monoisotopic (exact) mass is 288 g/mol. The van der Waals surface area contributed by atoms with E-state index in [2.05, 4.69) is 10.3 Å². The SMILES string of the molecule is Cc1nc(-c2ccc(NC(=O)C(N)CC(N)=O)cc2)co1. The third-order valence-electron chi connectivity index (χ3n) is 2.83. The number of hydrogen-bond acceptors (Lipinski definition) is 5. The lowest BCUT2D eigenvalue weighted by Gasteiger charge is -2.10. The van der Waals surface area contributed by atoms with E-state index in [0.29, 0.717) is 11.6 Å². The van der Waals surface area contributed by atoms with Crippen LogP contribution in [0.15, 0.2) is 34.9 Å². The molecule has 7 heteroatoms. The maximum Gasteiger partial charge on any atom is 0.241 e. The van der Waals surface area contributed by atoms with Crippen LogP contribution in [0, 0.1) is 6.92 Å². The molecule has 2 amide bonds. The Hall–Kier alpha value is -2.67. The summed E-state index contributed by atoms with van der Waals surface area (Å²) in [7, 11) is 0. The van der Waals surface area contributed by atoms with Gasteiger partial charge < -0.3 is 21.2 Å². The number of anilines is 1. The van der Waals surface area contributed by atoms with Crippen molar-refractivity contribution in [1.29, 1.82) is 0 Å². The smallest absolute Gasteiger partial charge is 0.241 e. The third-order valence-corrected chi connectivity index (χ3v) is 2.83. The highest BCUT2D eigenvalue weighted by Gasteiger charge is 2.16. The summed E-state index contributed by atoms with van der Waals surface area (Å²) < 4.78 is 5.14. The molecule has 0 radical (unpaired) electrons. The normalized spacial score (nSPS) is 11.9. The number of primary amides is 1. The van der Waals surface area contributed by atoms with Gasteiger partial charge in [0.05, 0.1) is 12.5 Å². The second kappa shape index (κ2) is 6.19. The first-order valence-electron chi connectivity index (χ1n) is 6.33. The second-order valence-electron chi connectivity index (χ2n) is 4.60. The van der Waals surface area contributed by atoms with E-state index >= 15 is 0 Å². The van der Waals surface area contributed by atoms with Gasteiger partial charge in [-0.05, 0) is 12.1 Å². The van der Waals surface area contributed by atoms with Gasteiger partial charge in [0.25, 0.3) is 0 Å². The zero-order chi connectivity index (χ0) is 15.4. The quantitative estimate of drug-likeness (QED) is 0.750. The van der Waals surface area contributed by atoms with Crippen LogP contribution in [-0.2, 0) is 9.59 Å². The Morgan fingerprint density at radius 1 is 1.33 bits per heavy atom. The minimum absolute atomic E-state index is 0.192. The van der Waals surface area contributed by atoms with Crippen molar-refractivity contribution >= 4 is 17.5 Å². The van der Waals surface area contributed by atoms with Crippen molar-refractivity contribution in [1.82, 2.24) is 4.98 Å². The molecule has 7 nitrogen and oxygen atoms in total. The number of nitrogens with one attached hydrogen (secondary N) is 1. The topological polar surface area (TPSA) is 124 Å². The summed E-state index contributed by atoms with van der Waals surface area (Å²) in [6.07, 6.45) is 1.37. The molecule has 1 aromatic carbocycles. The van der Waals surface area contributed by atoms with Crippen LogP contribution in [0.1, 0.15) is 12.3 Å². The fourth-order valence-electron chi connectivity index (χ4n) is 1.76. The molecular weight excluding hydrogens is 272 g/mol. The standard InChI is InChI=1S/C14H16N4O3/c1-8-17-12(7-21-8)9-2-4-10(5-3-9)18-14(20)11(15)6-13(16)19/h2-5,7,11H,6,15H2,1H3,(H2,16,19)(H,18,20). The number of nitrogens with zero attached hydrogens (tertiary/aromatic N) is 1. The first-order valence-corrected chi connectivity index (χ1v) is 6.33. The molecule has 0 saturated carbocycles. The number of benzene rings is 1. The average molecular weight is 288 g/mol. The molecule has 0 fully saturated rings. The van der Waals surface area contributed by atoms with Crippen molar-refractivity contribution < 1.29 is 14.0 Å². The lowest BCUT2D eigenvalue weighted by atomic mass is 10.1. The lowest BCUT2D eigenvalue weighted by Crippen LogP contribution is -2.38. The average Bonchev–Trinajstić information content (AvgIpc) is 2.85. The van der Waals surface area contributed by atoms with E-state index in [0.717, 1.165) is 11.3 Å². The van der Waals surface area contributed by atoms with E-state index in [-0.39, 0.29) is 6.42 Å². The fourth-order valence-corrected chi connectivity index (χ4v) is 1.76. The molecule has 0 saturated heterocycles. The van der Waals surface area contributed by atoms with Gasteiger partial charge in [-0.15, -0.1) is 0 Å². The van der Waals surface area contributed by atoms with Gasteiger partial charge in [0.15, 0.2) is 5.89 Å². The van der Waals surface area contributed by atoms with Crippen LogP contribution in [-0.4, -0.2) is 22.8 Å². The van der Waals surface area contributed by atoms with E-state index in [1.165, 1.54) is 0 Å². The summed E-state index contributed by atoms with van der Waals surface area (Å²) in [4.78, 5) is 26.7. The number of carbonyl (C=O) groups is 2. The number of amides is 2. The molecule has 1 heterocycles. The Balaban J connectivity index is 2.02. The highest BCUT2D eigenvalue weighted by atomic mass is 16.3. The van der Waals surface area contributed by atoms with Crippen LogP contribution in [0.5, 0.6) is 0 Å². The summed E-state index contributed by atoms with van der Waals surface area (Å²) in [5, 5.41) is 2.62. The van der Waals surface area contributed by atoms with Gasteiger partial charge in [0.1, 0.15) is 12.0 Å². The zero-order valence-electron chi connectivity index (χ0n) is 11.5. The van der Waals surface area contributed by atoms with Crippen LogP contribution >= 0.6 is 0 Å². The van der Waals surface area contributed by atoms with Crippen molar-refractivity contribution in [2.45, 2.75) is 19.4 Å². The Morgan fingerprint density at radius 2 is 2.00 bits per heavy atom. The van der Waals surface area contributed by atoms with Crippen molar-refractivity contribution in [3.8, 4) is 11.3 Å². The molecule has 0 aliphatic heterocycles. The highest BCUT2D eigenvalue weighted by molar-refractivity contribution is 5.97. The van der Waals surface area contributed by atoms with Gasteiger partial charge in [-0.2, -0.15) is 0 Å². The lowest BCUT2D eigenvalue weighted by molar-refractivity contribution is -0.123. The number of carbonyl (C=O) groups excluding carboxylic acids is 2. The molecule has 0 bridgehead atoms. The Bertz CT molecular complexity index is 648. The van der Waals surface area contributed by atoms with Gasteiger partial charge in [0, 0.05) is 18.2 Å².